The maximum absolute atomic E-state index is 14.3. The first-order chi connectivity index (χ1) is 20.6. The highest BCUT2D eigenvalue weighted by molar-refractivity contribution is 4.99. The standard InChI is InChI=1S/C15H3F29O5/c16-2(1-45,7(22,23)24)46-13(39,40)4(19,9(28,29)30)48-15(43,44)6(21,11(34,35)36)49-14(41,42)5(20,10(31,32)33)47-12(37,38)3(17,18)8(25,26)27/h45H,1H2/t2-,4+,5-,6+/m0/s1. The van der Waals surface area contributed by atoms with Crippen LogP contribution in [0.25, 0.3) is 0 Å². The molecule has 0 aromatic rings. The molecule has 49 heavy (non-hydrogen) atoms. The third-order valence-corrected chi connectivity index (χ3v) is 4.66. The van der Waals surface area contributed by atoms with E-state index in [9.17, 15) is 127 Å². The first kappa shape index (κ1) is 46.8. The van der Waals surface area contributed by atoms with Crippen molar-refractivity contribution in [3.8, 4) is 0 Å². The maximum atomic E-state index is 14.3. The fraction of sp³-hybridized carbons (Fsp3) is 1.00. The second-order valence-electron chi connectivity index (χ2n) is 8.21. The molecule has 34 heteroatoms. The molecule has 0 aromatic carbocycles. The molecule has 0 amide bonds. The molecule has 0 spiro atoms. The molecule has 0 heterocycles. The van der Waals surface area contributed by atoms with Gasteiger partial charge in [-0.3, -0.25) is 18.9 Å². The molecule has 0 aliphatic rings. The first-order valence-corrected chi connectivity index (χ1v) is 10.0. The van der Waals surface area contributed by atoms with Crippen LogP contribution in [0.2, 0.25) is 0 Å². The minimum Gasteiger partial charge on any atom is -0.390 e. The summed E-state index contributed by atoms with van der Waals surface area (Å²) >= 11 is 0. The van der Waals surface area contributed by atoms with Gasteiger partial charge in [-0.2, -0.15) is 127 Å². The van der Waals surface area contributed by atoms with E-state index >= 15 is 0 Å². The van der Waals surface area contributed by atoms with Crippen molar-refractivity contribution in [2.75, 3.05) is 6.61 Å². The van der Waals surface area contributed by atoms with E-state index in [0.717, 1.165) is 14.2 Å². The molecular formula is C15H3F29O5. The highest BCUT2D eigenvalue weighted by Gasteiger charge is 2.90. The van der Waals surface area contributed by atoms with Crippen molar-refractivity contribution in [3.63, 3.8) is 0 Å². The lowest BCUT2D eigenvalue weighted by molar-refractivity contribution is -0.593. The minimum atomic E-state index is -9.19. The van der Waals surface area contributed by atoms with Crippen LogP contribution < -0.4 is 0 Å². The number of halogens is 29. The van der Waals surface area contributed by atoms with Gasteiger partial charge in [0.2, 0.25) is 0 Å². The fourth-order valence-corrected chi connectivity index (χ4v) is 2.19. The van der Waals surface area contributed by atoms with Crippen molar-refractivity contribution in [2.45, 2.75) is 84.7 Å². The molecule has 0 unspecified atom stereocenters. The van der Waals surface area contributed by atoms with E-state index in [1.807, 2.05) is 0 Å². The van der Waals surface area contributed by atoms with Gasteiger partial charge in [0, 0.05) is 0 Å². The average Bonchev–Trinajstić information content (AvgIpc) is 2.78. The number of hydrogen-bond donors (Lipinski definition) is 1. The van der Waals surface area contributed by atoms with Gasteiger partial charge in [0.1, 0.15) is 6.61 Å². The molecule has 1 N–H and O–H groups in total. The van der Waals surface area contributed by atoms with Gasteiger partial charge >= 0.3 is 84.7 Å². The Morgan fingerprint density at radius 1 is 0.286 bits per heavy atom. The van der Waals surface area contributed by atoms with Gasteiger partial charge in [-0.15, -0.1) is 0 Å². The molecule has 0 radical (unpaired) electrons. The van der Waals surface area contributed by atoms with E-state index < -0.39 is 91.3 Å². The van der Waals surface area contributed by atoms with E-state index in [2.05, 4.69) is 0 Å². The molecule has 5 nitrogen and oxygen atoms in total. The van der Waals surface area contributed by atoms with Crippen LogP contribution >= 0.6 is 0 Å². The zero-order valence-corrected chi connectivity index (χ0v) is 20.7. The third kappa shape index (κ3) is 7.84. The highest BCUT2D eigenvalue weighted by Crippen LogP contribution is 2.61. The normalized spacial score (nSPS) is 20.7. The predicted molar refractivity (Wildman–Crippen MR) is 81.8 cm³/mol. The van der Waals surface area contributed by atoms with Crippen LogP contribution in [-0.2, 0) is 18.9 Å². The molecule has 4 atom stereocenters. The molecular weight excluding hydrogens is 811 g/mol. The Kier molecular flexibility index (Phi) is 11.6. The van der Waals surface area contributed by atoms with E-state index in [1.165, 1.54) is 4.74 Å². The van der Waals surface area contributed by atoms with E-state index in [4.69, 9.17) is 5.11 Å². The van der Waals surface area contributed by atoms with Crippen LogP contribution in [0, 0.1) is 0 Å². The number of ether oxygens (including phenoxy) is 4. The summed E-state index contributed by atoms with van der Waals surface area (Å²) in [6.07, 6.45) is -76.7. The molecule has 0 fully saturated rings. The average molecular weight is 814 g/mol. The molecule has 0 aliphatic heterocycles. The first-order valence-electron chi connectivity index (χ1n) is 10.0. The van der Waals surface area contributed by atoms with E-state index in [1.54, 1.807) is 0 Å². The summed E-state index contributed by atoms with van der Waals surface area (Å²) in [6.45, 7) is -3.78. The molecule has 0 aromatic heterocycles. The summed E-state index contributed by atoms with van der Waals surface area (Å²) in [7, 11) is 0. The maximum Gasteiger partial charge on any atom is 0.462 e. The van der Waals surface area contributed by atoms with Gasteiger partial charge in [0.25, 0.3) is 0 Å². The molecule has 296 valence electrons. The molecule has 0 saturated carbocycles. The summed E-state index contributed by atoms with van der Waals surface area (Å²) in [6, 6.07) is 0. The molecule has 0 aliphatic carbocycles. The van der Waals surface area contributed by atoms with Gasteiger partial charge < -0.3 is 5.11 Å². The summed E-state index contributed by atoms with van der Waals surface area (Å²) in [5.41, 5.74) is 0. The Balaban J connectivity index is 7.61. The smallest absolute Gasteiger partial charge is 0.390 e. The van der Waals surface area contributed by atoms with Crippen LogP contribution in [0.4, 0.5) is 127 Å². The predicted octanol–water partition coefficient (Wildman–Crippen LogP) is 8.53. The van der Waals surface area contributed by atoms with Crippen LogP contribution in [0.5, 0.6) is 0 Å². The van der Waals surface area contributed by atoms with Crippen molar-refractivity contribution in [2.24, 2.45) is 0 Å². The van der Waals surface area contributed by atoms with E-state index in [0.29, 0.717) is 0 Å². The Morgan fingerprint density at radius 3 is 0.694 bits per heavy atom. The SMILES string of the molecule is OC[C@](F)(OC(F)(F)[C@](F)(OC(F)(F)[C@](F)(OC(F)(F)[C@@](F)(OC(F)(F)C(F)(F)C(F)(F)F)C(F)(F)F)C(F)(F)F)C(F)(F)F)C(F)(F)F. The lowest BCUT2D eigenvalue weighted by Gasteiger charge is -2.44. The Labute approximate surface area is 244 Å². The second-order valence-corrected chi connectivity index (χ2v) is 8.21. The topological polar surface area (TPSA) is 57.2 Å². The van der Waals surface area contributed by atoms with E-state index in [-0.39, 0.29) is 0 Å². The lowest BCUT2D eigenvalue weighted by Crippen LogP contribution is -2.72. The molecule has 0 rings (SSSR count). The van der Waals surface area contributed by atoms with Crippen LogP contribution in [0.3, 0.4) is 0 Å². The lowest BCUT2D eigenvalue weighted by atomic mass is 10.2. The van der Waals surface area contributed by atoms with Crippen molar-refractivity contribution in [3.05, 3.63) is 0 Å². The zero-order valence-electron chi connectivity index (χ0n) is 20.7. The second kappa shape index (κ2) is 12.2. The molecule has 0 bridgehead atoms. The van der Waals surface area contributed by atoms with Crippen molar-refractivity contribution >= 4 is 0 Å². The summed E-state index contributed by atoms with van der Waals surface area (Å²) in [5.74, 6) is -42.2. The molecule has 0 saturated heterocycles. The number of hydrogen-bond acceptors (Lipinski definition) is 5. The quantitative estimate of drug-likeness (QED) is 0.189. The number of aliphatic hydroxyl groups is 1. The van der Waals surface area contributed by atoms with Crippen molar-refractivity contribution in [1.29, 1.82) is 0 Å². The summed E-state index contributed by atoms with van der Waals surface area (Å²) in [5, 5.41) is 8.11. The van der Waals surface area contributed by atoms with Gasteiger partial charge in [0.05, 0.1) is 0 Å². The minimum absolute atomic E-state index is 0.845. The van der Waals surface area contributed by atoms with Crippen molar-refractivity contribution < 1.29 is 151 Å². The fourth-order valence-electron chi connectivity index (χ4n) is 2.19. The van der Waals surface area contributed by atoms with Gasteiger partial charge in [-0.05, 0) is 0 Å². The van der Waals surface area contributed by atoms with Gasteiger partial charge in [-0.25, -0.2) is 0 Å². The van der Waals surface area contributed by atoms with Crippen LogP contribution in [0.1, 0.15) is 0 Å². The summed E-state index contributed by atoms with van der Waals surface area (Å²) < 4.78 is 386. The van der Waals surface area contributed by atoms with Crippen molar-refractivity contribution in [1.82, 2.24) is 0 Å². The van der Waals surface area contributed by atoms with Gasteiger partial charge in [0.15, 0.2) is 0 Å². The summed E-state index contributed by atoms with van der Waals surface area (Å²) in [4.78, 5) is 0. The number of aliphatic hydroxyl groups excluding tert-OH is 1. The van der Waals surface area contributed by atoms with Crippen LogP contribution in [-0.4, -0.2) is 96.4 Å². The van der Waals surface area contributed by atoms with Crippen LogP contribution in [0.15, 0.2) is 0 Å². The Hall–Kier alpha value is -2.23. The number of alkyl halides is 29. The number of rotatable bonds is 13. The zero-order chi connectivity index (χ0) is 40.5. The Bertz CT molecular complexity index is 1150. The van der Waals surface area contributed by atoms with Gasteiger partial charge in [-0.1, -0.05) is 0 Å². The third-order valence-electron chi connectivity index (χ3n) is 4.66. The highest BCUT2D eigenvalue weighted by atomic mass is 19.4. The monoisotopic (exact) mass is 814 g/mol. The largest absolute Gasteiger partial charge is 0.462 e. The Morgan fingerprint density at radius 2 is 0.510 bits per heavy atom.